The van der Waals surface area contributed by atoms with E-state index in [0.717, 1.165) is 11.1 Å². The van der Waals surface area contributed by atoms with Gasteiger partial charge in [0.15, 0.2) is 18.5 Å². The maximum Gasteiger partial charge on any atom is 0.344 e. The van der Waals surface area contributed by atoms with Gasteiger partial charge in [0.1, 0.15) is 5.75 Å². The molecule has 6 heteroatoms. The van der Waals surface area contributed by atoms with Crippen LogP contribution in [0.15, 0.2) is 42.5 Å². The number of nitrogens with one attached hydrogen (secondary N) is 1. The predicted octanol–water partition coefficient (Wildman–Crippen LogP) is 3.46. The van der Waals surface area contributed by atoms with Crippen molar-refractivity contribution in [1.29, 1.82) is 0 Å². The SMILES string of the molecule is CC(=O)c1ccc(NC(=O)[C@@H](C)OC(=O)COc2ccc(C)c(C)c2)cc1. The number of amides is 1. The summed E-state index contributed by atoms with van der Waals surface area (Å²) < 4.78 is 10.5. The summed E-state index contributed by atoms with van der Waals surface area (Å²) in [5.74, 6) is -0.593. The molecule has 0 radical (unpaired) electrons. The fourth-order valence-corrected chi connectivity index (χ4v) is 2.26. The molecule has 27 heavy (non-hydrogen) atoms. The lowest BCUT2D eigenvalue weighted by Crippen LogP contribution is -2.31. The number of rotatable bonds is 7. The summed E-state index contributed by atoms with van der Waals surface area (Å²) in [6, 6.07) is 12.0. The van der Waals surface area contributed by atoms with Crippen LogP contribution in [-0.4, -0.2) is 30.4 Å². The summed E-state index contributed by atoms with van der Waals surface area (Å²) in [5, 5.41) is 2.63. The average Bonchev–Trinajstić information content (AvgIpc) is 2.63. The number of aryl methyl sites for hydroxylation is 2. The molecule has 2 rings (SSSR count). The molecule has 0 unspecified atom stereocenters. The molecule has 1 amide bonds. The molecule has 2 aromatic rings. The van der Waals surface area contributed by atoms with Gasteiger partial charge in [-0.2, -0.15) is 0 Å². The highest BCUT2D eigenvalue weighted by Gasteiger charge is 2.18. The van der Waals surface area contributed by atoms with Gasteiger partial charge in [-0.3, -0.25) is 9.59 Å². The number of Topliss-reactive ketones (excluding diaryl/α,β-unsaturated/α-hetero) is 1. The van der Waals surface area contributed by atoms with Crippen LogP contribution in [-0.2, 0) is 14.3 Å². The maximum atomic E-state index is 12.1. The van der Waals surface area contributed by atoms with Crippen molar-refractivity contribution in [2.24, 2.45) is 0 Å². The maximum absolute atomic E-state index is 12.1. The van der Waals surface area contributed by atoms with Gasteiger partial charge in [0, 0.05) is 11.3 Å². The van der Waals surface area contributed by atoms with Crippen LogP contribution in [0.25, 0.3) is 0 Å². The van der Waals surface area contributed by atoms with E-state index in [4.69, 9.17) is 9.47 Å². The monoisotopic (exact) mass is 369 g/mol. The van der Waals surface area contributed by atoms with Crippen molar-refractivity contribution in [3.05, 3.63) is 59.2 Å². The highest BCUT2D eigenvalue weighted by molar-refractivity contribution is 5.97. The molecule has 0 aliphatic rings. The van der Waals surface area contributed by atoms with E-state index >= 15 is 0 Å². The molecule has 0 fully saturated rings. The fourth-order valence-electron chi connectivity index (χ4n) is 2.26. The summed E-state index contributed by atoms with van der Waals surface area (Å²) in [5.41, 5.74) is 3.26. The van der Waals surface area contributed by atoms with Crippen molar-refractivity contribution in [1.82, 2.24) is 0 Å². The van der Waals surface area contributed by atoms with E-state index in [9.17, 15) is 14.4 Å². The Kier molecular flexibility index (Phi) is 6.71. The number of carbonyl (C=O) groups is 3. The van der Waals surface area contributed by atoms with Gasteiger partial charge in [0.2, 0.25) is 0 Å². The molecule has 142 valence electrons. The first-order chi connectivity index (χ1) is 12.8. The van der Waals surface area contributed by atoms with Crippen LogP contribution in [0.3, 0.4) is 0 Å². The summed E-state index contributed by atoms with van der Waals surface area (Å²) in [6.45, 7) is 6.60. The zero-order chi connectivity index (χ0) is 20.0. The van der Waals surface area contributed by atoms with Gasteiger partial charge in [-0.15, -0.1) is 0 Å². The van der Waals surface area contributed by atoms with Crippen molar-refractivity contribution in [2.75, 3.05) is 11.9 Å². The smallest absolute Gasteiger partial charge is 0.344 e. The Bertz CT molecular complexity index is 842. The Morgan fingerprint density at radius 2 is 1.67 bits per heavy atom. The lowest BCUT2D eigenvalue weighted by atomic mass is 10.1. The lowest BCUT2D eigenvalue weighted by Gasteiger charge is -2.14. The first-order valence-corrected chi connectivity index (χ1v) is 8.57. The molecular weight excluding hydrogens is 346 g/mol. The summed E-state index contributed by atoms with van der Waals surface area (Å²) >= 11 is 0. The first kappa shape index (κ1) is 20.2. The van der Waals surface area contributed by atoms with Crippen molar-refractivity contribution < 1.29 is 23.9 Å². The van der Waals surface area contributed by atoms with E-state index in [1.54, 1.807) is 30.3 Å². The Balaban J connectivity index is 1.83. The molecule has 0 heterocycles. The molecule has 1 N–H and O–H groups in total. The number of hydrogen-bond donors (Lipinski definition) is 1. The van der Waals surface area contributed by atoms with Crippen LogP contribution < -0.4 is 10.1 Å². The van der Waals surface area contributed by atoms with E-state index in [2.05, 4.69) is 5.32 Å². The zero-order valence-electron chi connectivity index (χ0n) is 15.9. The van der Waals surface area contributed by atoms with E-state index in [1.807, 2.05) is 26.0 Å². The highest BCUT2D eigenvalue weighted by Crippen LogP contribution is 2.16. The van der Waals surface area contributed by atoms with Gasteiger partial charge in [-0.05, 0) is 75.2 Å². The number of esters is 1. The van der Waals surface area contributed by atoms with E-state index in [-0.39, 0.29) is 12.4 Å². The highest BCUT2D eigenvalue weighted by atomic mass is 16.6. The molecule has 0 aliphatic carbocycles. The van der Waals surface area contributed by atoms with Crippen molar-refractivity contribution >= 4 is 23.3 Å². The Labute approximate surface area is 158 Å². The normalized spacial score (nSPS) is 11.4. The van der Waals surface area contributed by atoms with Crippen molar-refractivity contribution in [2.45, 2.75) is 33.8 Å². The van der Waals surface area contributed by atoms with Crippen LogP contribution in [0, 0.1) is 13.8 Å². The molecular formula is C21H23NO5. The number of hydrogen-bond acceptors (Lipinski definition) is 5. The summed E-state index contributed by atoms with van der Waals surface area (Å²) in [7, 11) is 0. The fraction of sp³-hybridized carbons (Fsp3) is 0.286. The minimum atomic E-state index is -0.978. The number of anilines is 1. The van der Waals surface area contributed by atoms with Crippen molar-refractivity contribution in [3.63, 3.8) is 0 Å². The minimum absolute atomic E-state index is 0.0565. The van der Waals surface area contributed by atoms with Crippen LogP contribution in [0.5, 0.6) is 5.75 Å². The second kappa shape index (κ2) is 8.98. The molecule has 0 saturated heterocycles. The van der Waals surface area contributed by atoms with E-state index in [0.29, 0.717) is 17.0 Å². The second-order valence-corrected chi connectivity index (χ2v) is 6.29. The van der Waals surface area contributed by atoms with Gasteiger partial charge < -0.3 is 14.8 Å². The van der Waals surface area contributed by atoms with E-state index < -0.39 is 18.0 Å². The molecule has 1 atom stereocenters. The molecule has 2 aromatic carbocycles. The van der Waals surface area contributed by atoms with Gasteiger partial charge in [-0.25, -0.2) is 4.79 Å². The first-order valence-electron chi connectivity index (χ1n) is 8.57. The molecule has 0 aromatic heterocycles. The number of ketones is 1. The van der Waals surface area contributed by atoms with Gasteiger partial charge >= 0.3 is 5.97 Å². The molecule has 0 spiro atoms. The Morgan fingerprint density at radius 3 is 2.26 bits per heavy atom. The lowest BCUT2D eigenvalue weighted by molar-refractivity contribution is -0.155. The van der Waals surface area contributed by atoms with Crippen LogP contribution in [0.1, 0.15) is 35.3 Å². The number of ether oxygens (including phenoxy) is 2. The Morgan fingerprint density at radius 1 is 1.00 bits per heavy atom. The molecule has 0 saturated carbocycles. The number of benzene rings is 2. The predicted molar refractivity (Wildman–Crippen MR) is 102 cm³/mol. The van der Waals surface area contributed by atoms with Crippen LogP contribution >= 0.6 is 0 Å². The van der Waals surface area contributed by atoms with E-state index in [1.165, 1.54) is 13.8 Å². The Hall–Kier alpha value is -3.15. The van der Waals surface area contributed by atoms with Gasteiger partial charge in [-0.1, -0.05) is 6.07 Å². The van der Waals surface area contributed by atoms with Crippen LogP contribution in [0.4, 0.5) is 5.69 Å². The summed E-state index contributed by atoms with van der Waals surface area (Å²) in [4.78, 5) is 35.3. The van der Waals surface area contributed by atoms with Crippen LogP contribution in [0.2, 0.25) is 0 Å². The van der Waals surface area contributed by atoms with Gasteiger partial charge in [0.05, 0.1) is 0 Å². The van der Waals surface area contributed by atoms with Crippen molar-refractivity contribution in [3.8, 4) is 5.75 Å². The number of carbonyl (C=O) groups excluding carboxylic acids is 3. The third kappa shape index (κ3) is 5.95. The summed E-state index contributed by atoms with van der Waals surface area (Å²) in [6.07, 6.45) is -0.978. The molecule has 6 nitrogen and oxygen atoms in total. The standard InChI is InChI=1S/C21H23NO5/c1-13-5-10-19(11-14(13)2)26-12-20(24)27-16(4)21(25)22-18-8-6-17(7-9-18)15(3)23/h5-11,16H,12H2,1-4H3,(H,22,25)/t16-/m1/s1. The largest absolute Gasteiger partial charge is 0.482 e. The second-order valence-electron chi connectivity index (χ2n) is 6.29. The zero-order valence-corrected chi connectivity index (χ0v) is 15.9. The molecule has 0 aliphatic heterocycles. The topological polar surface area (TPSA) is 81.7 Å². The third-order valence-corrected chi connectivity index (χ3v) is 4.07. The average molecular weight is 369 g/mol. The van der Waals surface area contributed by atoms with Gasteiger partial charge in [0.25, 0.3) is 5.91 Å². The minimum Gasteiger partial charge on any atom is -0.482 e. The third-order valence-electron chi connectivity index (χ3n) is 4.07. The quantitative estimate of drug-likeness (QED) is 0.597. The molecule has 0 bridgehead atoms.